The third kappa shape index (κ3) is 4.49. The van der Waals surface area contributed by atoms with Crippen LogP contribution in [0.25, 0.3) is 0 Å². The average Bonchev–Trinajstić information content (AvgIpc) is 2.66. The van der Waals surface area contributed by atoms with Gasteiger partial charge < -0.3 is 10.6 Å². The Morgan fingerprint density at radius 1 is 0.852 bits per heavy atom. The number of ketones is 1. The van der Waals surface area contributed by atoms with Gasteiger partial charge in [0.05, 0.1) is 5.56 Å². The van der Waals surface area contributed by atoms with Crippen LogP contribution in [0, 0.1) is 11.6 Å². The minimum atomic E-state index is -1.06. The summed E-state index contributed by atoms with van der Waals surface area (Å²) in [5.74, 6) is -2.38. The number of halogens is 2. The Kier molecular flexibility index (Phi) is 5.16. The van der Waals surface area contributed by atoms with Crippen LogP contribution < -0.4 is 10.6 Å². The van der Waals surface area contributed by atoms with Gasteiger partial charge >= 0.3 is 0 Å². The highest BCUT2D eigenvalue weighted by Gasteiger charge is 2.10. The molecular weight excluding hydrogens is 354 g/mol. The summed E-state index contributed by atoms with van der Waals surface area (Å²) in [5, 5.41) is 5.38. The van der Waals surface area contributed by atoms with Gasteiger partial charge in [0.15, 0.2) is 17.4 Å². The van der Waals surface area contributed by atoms with Crippen molar-refractivity contribution in [3.05, 3.63) is 77.6 Å². The summed E-state index contributed by atoms with van der Waals surface area (Å²) in [7, 11) is 0. The van der Waals surface area contributed by atoms with Crippen LogP contribution in [0.2, 0.25) is 0 Å². The van der Waals surface area contributed by atoms with Gasteiger partial charge in [0.2, 0.25) is 5.95 Å². The van der Waals surface area contributed by atoms with E-state index in [4.69, 9.17) is 0 Å². The van der Waals surface area contributed by atoms with E-state index in [9.17, 15) is 18.4 Å². The molecule has 0 saturated heterocycles. The van der Waals surface area contributed by atoms with Crippen molar-refractivity contribution in [1.82, 2.24) is 9.97 Å². The number of rotatable bonds is 5. The fraction of sp³-hybridized carbons (Fsp3) is 0.0526. The first-order chi connectivity index (χ1) is 12.9. The van der Waals surface area contributed by atoms with Crippen molar-refractivity contribution in [2.75, 3.05) is 10.6 Å². The molecule has 3 rings (SSSR count). The molecule has 27 heavy (non-hydrogen) atoms. The van der Waals surface area contributed by atoms with Crippen molar-refractivity contribution in [2.24, 2.45) is 0 Å². The summed E-state index contributed by atoms with van der Waals surface area (Å²) in [4.78, 5) is 31.5. The fourth-order valence-electron chi connectivity index (χ4n) is 2.20. The van der Waals surface area contributed by atoms with Crippen molar-refractivity contribution < 1.29 is 18.4 Å². The summed E-state index contributed by atoms with van der Waals surface area (Å²) in [5.41, 5.74) is 1.54. The maximum Gasteiger partial charge on any atom is 0.258 e. The number of aromatic nitrogens is 2. The normalized spacial score (nSPS) is 10.3. The molecule has 8 heteroatoms. The SMILES string of the molecule is CC(=O)c1ccc(Nc2ncc(C(=O)Nc3ccc(F)c(F)c3)cn2)cc1. The van der Waals surface area contributed by atoms with E-state index in [1.54, 1.807) is 24.3 Å². The van der Waals surface area contributed by atoms with Crippen LogP contribution >= 0.6 is 0 Å². The monoisotopic (exact) mass is 368 g/mol. The van der Waals surface area contributed by atoms with Crippen LogP contribution in [0.5, 0.6) is 0 Å². The summed E-state index contributed by atoms with van der Waals surface area (Å²) in [6.07, 6.45) is 2.60. The number of Topliss-reactive ketones (excluding diaryl/α,β-unsaturated/α-hetero) is 1. The van der Waals surface area contributed by atoms with Crippen LogP contribution in [-0.2, 0) is 0 Å². The molecule has 0 radical (unpaired) electrons. The molecule has 2 aromatic carbocycles. The molecule has 2 N–H and O–H groups in total. The lowest BCUT2D eigenvalue weighted by atomic mass is 10.1. The van der Waals surface area contributed by atoms with Crippen LogP contribution in [0.3, 0.4) is 0 Å². The molecule has 0 saturated carbocycles. The van der Waals surface area contributed by atoms with Gasteiger partial charge in [0, 0.05) is 35.4 Å². The third-order valence-corrected chi connectivity index (χ3v) is 3.64. The standard InChI is InChI=1S/C19H14F2N4O2/c1-11(26)12-2-4-14(5-3-12)25-19-22-9-13(10-23-19)18(27)24-15-6-7-16(20)17(21)8-15/h2-10H,1H3,(H,24,27)(H,22,23,25). The third-order valence-electron chi connectivity index (χ3n) is 3.64. The summed E-state index contributed by atoms with van der Waals surface area (Å²) < 4.78 is 26.1. The Labute approximate surface area is 153 Å². The Morgan fingerprint density at radius 3 is 2.07 bits per heavy atom. The van der Waals surface area contributed by atoms with Crippen LogP contribution in [0.4, 0.5) is 26.1 Å². The van der Waals surface area contributed by atoms with Gasteiger partial charge in [-0.3, -0.25) is 9.59 Å². The van der Waals surface area contributed by atoms with Gasteiger partial charge in [-0.1, -0.05) is 0 Å². The number of hydrogen-bond donors (Lipinski definition) is 2. The molecule has 0 aliphatic carbocycles. The average molecular weight is 368 g/mol. The number of nitrogens with one attached hydrogen (secondary N) is 2. The minimum absolute atomic E-state index is 0.0331. The number of anilines is 3. The van der Waals surface area contributed by atoms with Gasteiger partial charge in [0.1, 0.15) is 0 Å². The number of hydrogen-bond acceptors (Lipinski definition) is 5. The van der Waals surface area contributed by atoms with Crippen molar-refractivity contribution in [3.63, 3.8) is 0 Å². The molecule has 1 aromatic heterocycles. The molecule has 0 atom stereocenters. The van der Waals surface area contributed by atoms with Crippen LogP contribution in [0.15, 0.2) is 54.9 Å². The largest absolute Gasteiger partial charge is 0.324 e. The maximum absolute atomic E-state index is 13.2. The van der Waals surface area contributed by atoms with Gasteiger partial charge in [-0.15, -0.1) is 0 Å². The first kappa shape index (κ1) is 18.1. The van der Waals surface area contributed by atoms with E-state index >= 15 is 0 Å². The predicted octanol–water partition coefficient (Wildman–Crippen LogP) is 3.95. The summed E-state index contributed by atoms with van der Waals surface area (Å²) in [6.45, 7) is 1.48. The predicted molar refractivity (Wildman–Crippen MR) is 96.1 cm³/mol. The summed E-state index contributed by atoms with van der Waals surface area (Å²) >= 11 is 0. The van der Waals surface area contributed by atoms with E-state index in [-0.39, 0.29) is 23.0 Å². The molecule has 136 valence electrons. The van der Waals surface area contributed by atoms with Gasteiger partial charge in [-0.2, -0.15) is 0 Å². The molecule has 0 fully saturated rings. The van der Waals surface area contributed by atoms with E-state index in [1.807, 2.05) is 0 Å². The highest BCUT2D eigenvalue weighted by molar-refractivity contribution is 6.03. The molecule has 1 heterocycles. The number of benzene rings is 2. The van der Waals surface area contributed by atoms with Crippen molar-refractivity contribution in [2.45, 2.75) is 6.92 Å². The Bertz CT molecular complexity index is 990. The maximum atomic E-state index is 13.2. The first-order valence-electron chi connectivity index (χ1n) is 7.89. The van der Waals surface area contributed by atoms with E-state index < -0.39 is 17.5 Å². The molecule has 0 aliphatic heterocycles. The molecule has 3 aromatic rings. The molecule has 0 aliphatic rings. The molecule has 0 bridgehead atoms. The fourth-order valence-corrected chi connectivity index (χ4v) is 2.20. The van der Waals surface area contributed by atoms with E-state index in [2.05, 4.69) is 20.6 Å². The highest BCUT2D eigenvalue weighted by Crippen LogP contribution is 2.16. The zero-order chi connectivity index (χ0) is 19.4. The second kappa shape index (κ2) is 7.69. The first-order valence-corrected chi connectivity index (χ1v) is 7.89. The lowest BCUT2D eigenvalue weighted by Crippen LogP contribution is -2.13. The van der Waals surface area contributed by atoms with E-state index in [0.29, 0.717) is 11.3 Å². The number of carbonyl (C=O) groups excluding carboxylic acids is 2. The highest BCUT2D eigenvalue weighted by atomic mass is 19.2. The smallest absolute Gasteiger partial charge is 0.258 e. The van der Waals surface area contributed by atoms with Crippen molar-refractivity contribution in [3.8, 4) is 0 Å². The van der Waals surface area contributed by atoms with E-state index in [0.717, 1.165) is 12.1 Å². The van der Waals surface area contributed by atoms with Gasteiger partial charge in [-0.25, -0.2) is 18.7 Å². The van der Waals surface area contributed by atoms with Crippen molar-refractivity contribution >= 4 is 29.0 Å². The van der Waals surface area contributed by atoms with Crippen LogP contribution in [-0.4, -0.2) is 21.7 Å². The zero-order valence-electron chi connectivity index (χ0n) is 14.2. The zero-order valence-corrected chi connectivity index (χ0v) is 14.2. The van der Waals surface area contributed by atoms with Gasteiger partial charge in [0.25, 0.3) is 5.91 Å². The number of amides is 1. The van der Waals surface area contributed by atoms with Gasteiger partial charge in [-0.05, 0) is 43.3 Å². The Morgan fingerprint density at radius 2 is 1.48 bits per heavy atom. The second-order valence-electron chi connectivity index (χ2n) is 5.64. The minimum Gasteiger partial charge on any atom is -0.324 e. The summed E-state index contributed by atoms with van der Waals surface area (Å²) in [6, 6.07) is 9.83. The van der Waals surface area contributed by atoms with E-state index in [1.165, 1.54) is 25.4 Å². The quantitative estimate of drug-likeness (QED) is 0.666. The molecule has 0 unspecified atom stereocenters. The Hall–Kier alpha value is -3.68. The second-order valence-corrected chi connectivity index (χ2v) is 5.64. The lowest BCUT2D eigenvalue weighted by molar-refractivity contribution is 0.101. The molecular formula is C19H14F2N4O2. The van der Waals surface area contributed by atoms with Crippen LogP contribution in [0.1, 0.15) is 27.6 Å². The van der Waals surface area contributed by atoms with Crippen molar-refractivity contribution in [1.29, 1.82) is 0 Å². The molecule has 1 amide bonds. The molecule has 0 spiro atoms. The number of nitrogens with zero attached hydrogens (tertiary/aromatic N) is 2. The topological polar surface area (TPSA) is 84.0 Å². The molecule has 6 nitrogen and oxygen atoms in total. The Balaban J connectivity index is 1.66. The lowest BCUT2D eigenvalue weighted by Gasteiger charge is -2.07. The number of carbonyl (C=O) groups is 2.